The van der Waals surface area contributed by atoms with Gasteiger partial charge in [0.25, 0.3) is 0 Å². The second-order valence-corrected chi connectivity index (χ2v) is 7.09. The van der Waals surface area contributed by atoms with Crippen LogP contribution in [0.4, 0.5) is 0 Å². The molecule has 1 amide bonds. The molecule has 0 fully saturated rings. The van der Waals surface area contributed by atoms with E-state index in [1.165, 1.54) is 6.08 Å². The number of amides is 1. The molecule has 1 aliphatic rings. The fourth-order valence-corrected chi connectivity index (χ4v) is 3.05. The highest BCUT2D eigenvalue weighted by molar-refractivity contribution is 5.92. The smallest absolute Gasteiger partial charge is 0.244 e. The van der Waals surface area contributed by atoms with E-state index in [1.807, 2.05) is 64.1 Å². The van der Waals surface area contributed by atoms with Gasteiger partial charge in [-0.3, -0.25) is 4.79 Å². The highest BCUT2D eigenvalue weighted by atomic mass is 16.7. The number of benzene rings is 2. The number of nitrogens with one attached hydrogen (secondary N) is 1. The summed E-state index contributed by atoms with van der Waals surface area (Å²) < 4.78 is 22.0. The van der Waals surface area contributed by atoms with Crippen molar-refractivity contribution in [2.75, 3.05) is 20.0 Å². The predicted molar refractivity (Wildman–Crippen MR) is 112 cm³/mol. The van der Waals surface area contributed by atoms with Crippen molar-refractivity contribution >= 4 is 12.0 Å². The van der Waals surface area contributed by atoms with Crippen molar-refractivity contribution in [3.63, 3.8) is 0 Å². The number of carbonyl (C=O) groups excluding carboxylic acids is 1. The van der Waals surface area contributed by atoms with Crippen LogP contribution >= 0.6 is 0 Å². The lowest BCUT2D eigenvalue weighted by Crippen LogP contribution is -2.40. The molecule has 3 rings (SSSR count). The molecule has 0 radical (unpaired) electrons. The molecule has 0 spiro atoms. The van der Waals surface area contributed by atoms with Gasteiger partial charge in [-0.1, -0.05) is 12.1 Å². The molecule has 154 valence electrons. The van der Waals surface area contributed by atoms with Gasteiger partial charge in [-0.2, -0.15) is 0 Å². The summed E-state index contributed by atoms with van der Waals surface area (Å²) in [6, 6.07) is 11.3. The van der Waals surface area contributed by atoms with Crippen LogP contribution in [0.3, 0.4) is 0 Å². The van der Waals surface area contributed by atoms with Crippen molar-refractivity contribution in [2.45, 2.75) is 33.2 Å². The fraction of sp³-hybridized carbons (Fsp3) is 0.348. The van der Waals surface area contributed by atoms with Crippen molar-refractivity contribution in [3.8, 4) is 23.0 Å². The van der Waals surface area contributed by atoms with Crippen molar-refractivity contribution in [2.24, 2.45) is 0 Å². The fourth-order valence-electron chi connectivity index (χ4n) is 3.05. The lowest BCUT2D eigenvalue weighted by atomic mass is 9.93. The largest absolute Gasteiger partial charge is 0.490 e. The van der Waals surface area contributed by atoms with E-state index < -0.39 is 5.54 Å². The normalized spacial score (nSPS) is 12.8. The Morgan fingerprint density at radius 2 is 1.76 bits per heavy atom. The van der Waals surface area contributed by atoms with Gasteiger partial charge in [0.2, 0.25) is 12.7 Å². The Morgan fingerprint density at radius 3 is 2.52 bits per heavy atom. The maximum absolute atomic E-state index is 12.5. The number of carbonyl (C=O) groups is 1. The van der Waals surface area contributed by atoms with Gasteiger partial charge < -0.3 is 24.3 Å². The van der Waals surface area contributed by atoms with Gasteiger partial charge in [0.15, 0.2) is 23.0 Å². The van der Waals surface area contributed by atoms with Gasteiger partial charge in [0.05, 0.1) is 18.8 Å². The van der Waals surface area contributed by atoms with E-state index in [9.17, 15) is 4.79 Å². The van der Waals surface area contributed by atoms with Crippen LogP contribution in [0.1, 0.15) is 38.8 Å². The average Bonchev–Trinajstić information content (AvgIpc) is 3.16. The third-order valence-electron chi connectivity index (χ3n) is 4.52. The van der Waals surface area contributed by atoms with Gasteiger partial charge in [-0.05, 0) is 69.2 Å². The summed E-state index contributed by atoms with van der Waals surface area (Å²) in [5.41, 5.74) is 1.22. The standard InChI is InChI=1S/C23H27NO5/c1-5-26-18-10-7-16(13-20(18)27-6-2)8-12-22(25)24-23(3,4)17-9-11-19-21(14-17)29-15-28-19/h7-14H,5-6,15H2,1-4H3,(H,24,25)/b12-8+. The van der Waals surface area contributed by atoms with Crippen LogP contribution in [0, 0.1) is 0 Å². The molecule has 0 aromatic heterocycles. The summed E-state index contributed by atoms with van der Waals surface area (Å²) in [5, 5.41) is 3.03. The SMILES string of the molecule is CCOc1ccc(/C=C/C(=O)NC(C)(C)c2ccc3c(c2)OCO3)cc1OCC. The quantitative estimate of drug-likeness (QED) is 0.674. The molecule has 6 nitrogen and oxygen atoms in total. The highest BCUT2D eigenvalue weighted by Crippen LogP contribution is 2.35. The molecule has 0 atom stereocenters. The Labute approximate surface area is 171 Å². The van der Waals surface area contributed by atoms with Crippen LogP contribution in [0.25, 0.3) is 6.08 Å². The first-order valence-corrected chi connectivity index (χ1v) is 9.73. The number of hydrogen-bond acceptors (Lipinski definition) is 5. The third kappa shape index (κ3) is 5.02. The Kier molecular flexibility index (Phi) is 6.32. The summed E-state index contributed by atoms with van der Waals surface area (Å²) in [7, 11) is 0. The van der Waals surface area contributed by atoms with E-state index in [0.29, 0.717) is 30.5 Å². The Balaban J connectivity index is 1.69. The van der Waals surface area contributed by atoms with E-state index in [0.717, 1.165) is 16.9 Å². The minimum atomic E-state index is -0.572. The summed E-state index contributed by atoms with van der Waals surface area (Å²) in [5.74, 6) is 2.58. The van der Waals surface area contributed by atoms with Crippen LogP contribution in [-0.4, -0.2) is 25.9 Å². The van der Waals surface area contributed by atoms with Crippen molar-refractivity contribution in [1.82, 2.24) is 5.32 Å². The van der Waals surface area contributed by atoms with Crippen molar-refractivity contribution in [3.05, 3.63) is 53.6 Å². The van der Waals surface area contributed by atoms with E-state index >= 15 is 0 Å². The summed E-state index contributed by atoms with van der Waals surface area (Å²) in [6.07, 6.45) is 3.27. The van der Waals surface area contributed by atoms with Crippen molar-refractivity contribution < 1.29 is 23.7 Å². The predicted octanol–water partition coefficient (Wildman–Crippen LogP) is 4.28. The van der Waals surface area contributed by atoms with Crippen LogP contribution in [-0.2, 0) is 10.3 Å². The molecule has 0 aliphatic carbocycles. The minimum Gasteiger partial charge on any atom is -0.490 e. The van der Waals surface area contributed by atoms with Gasteiger partial charge in [-0.15, -0.1) is 0 Å². The van der Waals surface area contributed by atoms with E-state index in [1.54, 1.807) is 6.08 Å². The number of ether oxygens (including phenoxy) is 4. The molecule has 29 heavy (non-hydrogen) atoms. The zero-order valence-corrected chi connectivity index (χ0v) is 17.3. The van der Waals surface area contributed by atoms with Gasteiger partial charge in [-0.25, -0.2) is 0 Å². The summed E-state index contributed by atoms with van der Waals surface area (Å²) in [4.78, 5) is 12.5. The van der Waals surface area contributed by atoms with E-state index in [4.69, 9.17) is 18.9 Å². The van der Waals surface area contributed by atoms with Crippen LogP contribution in [0.5, 0.6) is 23.0 Å². The summed E-state index contributed by atoms with van der Waals surface area (Å²) in [6.45, 7) is 9.06. The average molecular weight is 397 g/mol. The Bertz CT molecular complexity index is 904. The zero-order valence-electron chi connectivity index (χ0n) is 17.3. The lowest BCUT2D eigenvalue weighted by Gasteiger charge is -2.26. The Morgan fingerprint density at radius 1 is 1.03 bits per heavy atom. The first kappa shape index (κ1) is 20.6. The Hall–Kier alpha value is -3.15. The van der Waals surface area contributed by atoms with Gasteiger partial charge >= 0.3 is 0 Å². The monoisotopic (exact) mass is 397 g/mol. The third-order valence-corrected chi connectivity index (χ3v) is 4.52. The van der Waals surface area contributed by atoms with Crippen molar-refractivity contribution in [1.29, 1.82) is 0 Å². The maximum Gasteiger partial charge on any atom is 0.244 e. The molecule has 0 bridgehead atoms. The van der Waals surface area contributed by atoms with Crippen LogP contribution in [0.15, 0.2) is 42.5 Å². The van der Waals surface area contributed by atoms with E-state index in [2.05, 4.69) is 5.32 Å². The molecule has 2 aromatic carbocycles. The molecule has 1 aliphatic heterocycles. The summed E-state index contributed by atoms with van der Waals surface area (Å²) >= 11 is 0. The molecule has 0 saturated heterocycles. The maximum atomic E-state index is 12.5. The lowest BCUT2D eigenvalue weighted by molar-refractivity contribution is -0.118. The molecule has 0 saturated carbocycles. The molecular formula is C23H27NO5. The number of hydrogen-bond donors (Lipinski definition) is 1. The van der Waals surface area contributed by atoms with Crippen LogP contribution in [0.2, 0.25) is 0 Å². The van der Waals surface area contributed by atoms with Gasteiger partial charge in [0.1, 0.15) is 0 Å². The van der Waals surface area contributed by atoms with Gasteiger partial charge in [0, 0.05) is 6.08 Å². The number of rotatable bonds is 8. The first-order valence-electron chi connectivity index (χ1n) is 9.73. The second-order valence-electron chi connectivity index (χ2n) is 7.09. The molecule has 0 unspecified atom stereocenters. The second kappa shape index (κ2) is 8.90. The molecule has 1 heterocycles. The topological polar surface area (TPSA) is 66.0 Å². The zero-order chi connectivity index (χ0) is 20.9. The van der Waals surface area contributed by atoms with E-state index in [-0.39, 0.29) is 12.7 Å². The molecule has 2 aromatic rings. The highest BCUT2D eigenvalue weighted by Gasteiger charge is 2.25. The molecular weight excluding hydrogens is 370 g/mol. The number of fused-ring (bicyclic) bond motifs is 1. The minimum absolute atomic E-state index is 0.195. The molecule has 1 N–H and O–H groups in total. The van der Waals surface area contributed by atoms with Crippen LogP contribution < -0.4 is 24.3 Å². The molecule has 6 heteroatoms. The first-order chi connectivity index (χ1) is 13.9.